The molecule has 0 aromatic rings. The van der Waals surface area contributed by atoms with E-state index in [1.165, 1.54) is 128 Å². The second-order valence-electron chi connectivity index (χ2n) is 14.9. The Morgan fingerprint density at radius 1 is 0.500 bits per heavy atom. The molecule has 0 aliphatic carbocycles. The van der Waals surface area contributed by atoms with Crippen molar-refractivity contribution in [2.75, 3.05) is 34.3 Å². The monoisotopic (exact) mass is 698 g/mol. The van der Waals surface area contributed by atoms with Crippen LogP contribution in [0, 0.1) is 0 Å². The molecule has 0 fully saturated rings. The van der Waals surface area contributed by atoms with Crippen LogP contribution in [0.25, 0.3) is 0 Å². The number of ether oxygens (including phenoxy) is 2. The lowest BCUT2D eigenvalue weighted by molar-refractivity contribution is -0.873. The van der Waals surface area contributed by atoms with E-state index in [2.05, 4.69) is 59.3 Å². The summed E-state index contributed by atoms with van der Waals surface area (Å²) in [6.45, 7) is 5.31. The summed E-state index contributed by atoms with van der Waals surface area (Å²) >= 11 is 0. The number of carbonyl (C=O) groups excluding carboxylic acids is 2. The van der Waals surface area contributed by atoms with Gasteiger partial charge in [0.25, 0.3) is 0 Å². The number of nitrogens with zero attached hydrogens (tertiary/aromatic N) is 1. The molecule has 0 radical (unpaired) electrons. The number of rotatable bonds is 35. The van der Waals surface area contributed by atoms with Crippen LogP contribution in [-0.4, -0.2) is 56.8 Å². The summed E-state index contributed by atoms with van der Waals surface area (Å²) in [5.74, 6) is -0.350. The molecule has 0 aromatic heterocycles. The summed E-state index contributed by atoms with van der Waals surface area (Å²) in [5, 5.41) is 0. The number of esters is 2. The highest BCUT2D eigenvalue weighted by atomic mass is 35.5. The van der Waals surface area contributed by atoms with Crippen molar-refractivity contribution < 1.29 is 36.0 Å². The first-order chi connectivity index (χ1) is 22.8. The van der Waals surface area contributed by atoms with Crippen LogP contribution in [-0.2, 0) is 19.1 Å². The molecule has 0 amide bonds. The topological polar surface area (TPSA) is 52.6 Å². The van der Waals surface area contributed by atoms with E-state index in [0.717, 1.165) is 38.5 Å². The van der Waals surface area contributed by atoms with E-state index < -0.39 is 6.10 Å². The standard InChI is InChI=1S/C42H80NO4.ClH/c1-6-8-10-12-14-16-18-20-22-24-26-28-30-32-34-36-41(44)46-39-40(38-43(3,4)5)47-42(45)37-35-33-31-29-27-25-23-21-19-17-15-13-11-9-7-2;/h20-23,40H,6-19,24-39H2,1-5H3;1H/q+1;/p-1/b22-20-,23-21-;/t40-;/m1./s1. The van der Waals surface area contributed by atoms with Crippen molar-refractivity contribution in [3.63, 3.8) is 0 Å². The van der Waals surface area contributed by atoms with Crippen molar-refractivity contribution in [3.8, 4) is 0 Å². The number of hydrogen-bond donors (Lipinski definition) is 0. The van der Waals surface area contributed by atoms with Crippen molar-refractivity contribution in [2.24, 2.45) is 0 Å². The van der Waals surface area contributed by atoms with Gasteiger partial charge in [0, 0.05) is 12.8 Å². The van der Waals surface area contributed by atoms with E-state index in [1.807, 2.05) is 0 Å². The molecule has 0 aromatic carbocycles. The first-order valence-corrected chi connectivity index (χ1v) is 20.2. The number of unbranched alkanes of at least 4 members (excludes halogenated alkanes) is 22. The maximum absolute atomic E-state index is 12.6. The van der Waals surface area contributed by atoms with E-state index >= 15 is 0 Å². The van der Waals surface area contributed by atoms with Gasteiger partial charge in [0.1, 0.15) is 13.2 Å². The zero-order chi connectivity index (χ0) is 34.7. The van der Waals surface area contributed by atoms with Crippen LogP contribution in [0.2, 0.25) is 0 Å². The second kappa shape index (κ2) is 36.9. The first kappa shape index (κ1) is 48.8. The summed E-state index contributed by atoms with van der Waals surface area (Å²) in [4.78, 5) is 24.9. The molecule has 0 N–H and O–H groups in total. The van der Waals surface area contributed by atoms with Gasteiger partial charge < -0.3 is 26.4 Å². The maximum Gasteiger partial charge on any atom is 0.306 e. The molecule has 5 nitrogen and oxygen atoms in total. The minimum atomic E-state index is -0.399. The average molecular weight is 699 g/mol. The fourth-order valence-electron chi connectivity index (χ4n) is 5.92. The van der Waals surface area contributed by atoms with Crippen molar-refractivity contribution in [3.05, 3.63) is 24.3 Å². The van der Waals surface area contributed by atoms with Gasteiger partial charge in [0.15, 0.2) is 6.10 Å². The van der Waals surface area contributed by atoms with Crippen LogP contribution in [0.1, 0.15) is 194 Å². The van der Waals surface area contributed by atoms with Gasteiger partial charge in [0.2, 0.25) is 0 Å². The van der Waals surface area contributed by atoms with Gasteiger partial charge in [-0.1, -0.05) is 141 Å². The Morgan fingerprint density at radius 3 is 1.21 bits per heavy atom. The highest BCUT2D eigenvalue weighted by Gasteiger charge is 2.23. The average Bonchev–Trinajstić information content (AvgIpc) is 3.03. The summed E-state index contributed by atoms with van der Waals surface area (Å²) in [6, 6.07) is 0. The van der Waals surface area contributed by atoms with Gasteiger partial charge in [-0.25, -0.2) is 0 Å². The molecule has 0 aliphatic heterocycles. The molecule has 0 bridgehead atoms. The molecule has 48 heavy (non-hydrogen) atoms. The Kier molecular flexibility index (Phi) is 37.5. The smallest absolute Gasteiger partial charge is 0.306 e. The maximum atomic E-state index is 12.6. The molecule has 284 valence electrons. The molecular formula is C42H80ClNO4. The fraction of sp³-hybridized carbons (Fsp3) is 0.857. The third kappa shape index (κ3) is 39.1. The Bertz CT molecular complexity index is 761. The predicted octanol–water partition coefficient (Wildman–Crippen LogP) is 9.23. The first-order valence-electron chi connectivity index (χ1n) is 20.2. The van der Waals surface area contributed by atoms with Crippen molar-refractivity contribution in [1.29, 1.82) is 0 Å². The Hall–Kier alpha value is -1.33. The summed E-state index contributed by atoms with van der Waals surface area (Å²) < 4.78 is 12.0. The van der Waals surface area contributed by atoms with Gasteiger partial charge >= 0.3 is 11.9 Å². The predicted molar refractivity (Wildman–Crippen MR) is 203 cm³/mol. The quantitative estimate of drug-likeness (QED) is 0.0287. The highest BCUT2D eigenvalue weighted by molar-refractivity contribution is 5.70. The molecule has 0 rings (SSSR count). The van der Waals surface area contributed by atoms with Gasteiger partial charge in [0.05, 0.1) is 21.1 Å². The fourth-order valence-corrected chi connectivity index (χ4v) is 5.92. The Labute approximate surface area is 305 Å². The molecule has 0 aliphatic rings. The summed E-state index contributed by atoms with van der Waals surface area (Å²) in [6.07, 6.45) is 42.1. The lowest BCUT2D eigenvalue weighted by Gasteiger charge is -2.28. The van der Waals surface area contributed by atoms with Crippen LogP contribution in [0.4, 0.5) is 0 Å². The Balaban J connectivity index is 0. The SMILES string of the molecule is CCCCCCCC/C=C\CCCCCCCC(=O)OC[C@@H](C[N+](C)(C)C)OC(=O)CCCCCCC/C=C\CCCCCCCC.[Cl-]. The molecule has 6 heteroatoms. The van der Waals surface area contributed by atoms with Crippen LogP contribution in [0.3, 0.4) is 0 Å². The number of halogens is 1. The van der Waals surface area contributed by atoms with Crippen LogP contribution in [0.15, 0.2) is 24.3 Å². The number of hydrogen-bond acceptors (Lipinski definition) is 4. The van der Waals surface area contributed by atoms with E-state index in [4.69, 9.17) is 9.47 Å². The normalized spacial score (nSPS) is 12.4. The van der Waals surface area contributed by atoms with Crippen LogP contribution >= 0.6 is 0 Å². The highest BCUT2D eigenvalue weighted by Crippen LogP contribution is 2.13. The van der Waals surface area contributed by atoms with E-state index in [-0.39, 0.29) is 31.0 Å². The summed E-state index contributed by atoms with van der Waals surface area (Å²) in [5.41, 5.74) is 0. The summed E-state index contributed by atoms with van der Waals surface area (Å²) in [7, 11) is 6.20. The number of likely N-dealkylation sites (N-methyl/N-ethyl adjacent to an activating group) is 1. The second-order valence-corrected chi connectivity index (χ2v) is 14.9. The van der Waals surface area contributed by atoms with Crippen molar-refractivity contribution in [1.82, 2.24) is 0 Å². The lowest BCUT2D eigenvalue weighted by Crippen LogP contribution is -3.00. The van der Waals surface area contributed by atoms with Crippen molar-refractivity contribution in [2.45, 2.75) is 200 Å². The zero-order valence-electron chi connectivity index (χ0n) is 32.6. The van der Waals surface area contributed by atoms with E-state index in [9.17, 15) is 9.59 Å². The largest absolute Gasteiger partial charge is 1.00 e. The molecule has 0 heterocycles. The zero-order valence-corrected chi connectivity index (χ0v) is 33.3. The van der Waals surface area contributed by atoms with Gasteiger partial charge in [-0.2, -0.15) is 0 Å². The molecular weight excluding hydrogens is 618 g/mol. The third-order valence-electron chi connectivity index (χ3n) is 8.77. The molecule has 0 saturated carbocycles. The number of allylic oxidation sites excluding steroid dienone is 4. The third-order valence-corrected chi connectivity index (χ3v) is 8.77. The Morgan fingerprint density at radius 2 is 0.833 bits per heavy atom. The van der Waals surface area contributed by atoms with E-state index in [0.29, 0.717) is 23.9 Å². The van der Waals surface area contributed by atoms with Crippen LogP contribution in [0.5, 0.6) is 0 Å². The molecule has 0 unspecified atom stereocenters. The van der Waals surface area contributed by atoms with Gasteiger partial charge in [-0.3, -0.25) is 9.59 Å². The van der Waals surface area contributed by atoms with E-state index in [1.54, 1.807) is 0 Å². The molecule has 0 saturated heterocycles. The van der Waals surface area contributed by atoms with Crippen molar-refractivity contribution >= 4 is 11.9 Å². The minimum absolute atomic E-state index is 0. The van der Waals surface area contributed by atoms with Crippen LogP contribution < -0.4 is 12.4 Å². The van der Waals surface area contributed by atoms with Gasteiger partial charge in [-0.05, 0) is 64.2 Å². The number of quaternary nitrogens is 1. The molecule has 1 atom stereocenters. The van der Waals surface area contributed by atoms with Gasteiger partial charge in [-0.15, -0.1) is 0 Å². The lowest BCUT2D eigenvalue weighted by atomic mass is 10.1. The molecule has 0 spiro atoms. The minimum Gasteiger partial charge on any atom is -1.00 e. The number of carbonyl (C=O) groups is 2.